The van der Waals surface area contributed by atoms with Crippen molar-refractivity contribution < 1.29 is 9.59 Å². The second kappa shape index (κ2) is 9.06. The van der Waals surface area contributed by atoms with E-state index in [1.54, 1.807) is 0 Å². The molecular weight excluding hydrogens is 434 g/mol. The molecule has 2 heterocycles. The Kier molecular flexibility index (Phi) is 5.93. The summed E-state index contributed by atoms with van der Waals surface area (Å²) < 4.78 is 0. The molecule has 0 unspecified atom stereocenters. The molecule has 0 aromatic heterocycles. The predicted molar refractivity (Wildman–Crippen MR) is 143 cm³/mol. The molecule has 1 saturated heterocycles. The minimum atomic E-state index is -0.334. The Bertz CT molecular complexity index is 1350. The number of nitrogens with one attached hydrogen (secondary N) is 1. The molecule has 2 aliphatic heterocycles. The van der Waals surface area contributed by atoms with Gasteiger partial charge in [0.25, 0.3) is 11.8 Å². The third-order valence-electron chi connectivity index (χ3n) is 7.08. The zero-order valence-corrected chi connectivity index (χ0v) is 20.8. The van der Waals surface area contributed by atoms with Crippen molar-refractivity contribution in [2.75, 3.05) is 28.2 Å². The summed E-state index contributed by atoms with van der Waals surface area (Å²) in [5, 5.41) is 3.30. The molecule has 0 bridgehead atoms. The molecule has 0 saturated carbocycles. The third-order valence-corrected chi connectivity index (χ3v) is 7.08. The van der Waals surface area contributed by atoms with Crippen molar-refractivity contribution >= 4 is 34.4 Å². The molecule has 0 spiro atoms. The van der Waals surface area contributed by atoms with Gasteiger partial charge in [0, 0.05) is 24.5 Å². The molecular formula is C30H31N3O2. The van der Waals surface area contributed by atoms with Crippen LogP contribution < -0.4 is 15.1 Å². The Morgan fingerprint density at radius 3 is 2.09 bits per heavy atom. The number of carbonyl (C=O) groups excluding carboxylic acids is 2. The zero-order valence-electron chi connectivity index (χ0n) is 20.8. The van der Waals surface area contributed by atoms with E-state index in [9.17, 15) is 9.59 Å². The third kappa shape index (κ3) is 4.23. The summed E-state index contributed by atoms with van der Waals surface area (Å²) in [5.74, 6) is -0.639. The molecule has 35 heavy (non-hydrogen) atoms. The van der Waals surface area contributed by atoms with Crippen LogP contribution in [0, 0.1) is 27.7 Å². The first kappa shape index (κ1) is 22.9. The van der Waals surface area contributed by atoms with E-state index in [1.165, 1.54) is 23.4 Å². The van der Waals surface area contributed by atoms with Crippen LogP contribution in [0.4, 0.5) is 17.1 Å². The average Bonchev–Trinajstić information content (AvgIpc) is 3.45. The van der Waals surface area contributed by atoms with E-state index in [0.717, 1.165) is 46.6 Å². The molecule has 0 radical (unpaired) electrons. The lowest BCUT2D eigenvalue weighted by atomic mass is 9.99. The second-order valence-electron chi connectivity index (χ2n) is 9.65. The van der Waals surface area contributed by atoms with E-state index in [1.807, 2.05) is 76.2 Å². The van der Waals surface area contributed by atoms with Crippen molar-refractivity contribution in [3.05, 3.63) is 94.2 Å². The highest BCUT2D eigenvalue weighted by atomic mass is 16.2. The molecule has 0 atom stereocenters. The maximum absolute atomic E-state index is 13.8. The van der Waals surface area contributed by atoms with Crippen LogP contribution >= 0.6 is 0 Å². The number of hydrogen-bond donors (Lipinski definition) is 1. The van der Waals surface area contributed by atoms with Gasteiger partial charge in [-0.25, -0.2) is 4.90 Å². The van der Waals surface area contributed by atoms with Crippen LogP contribution in [0.15, 0.2) is 66.4 Å². The topological polar surface area (TPSA) is 52.7 Å². The van der Waals surface area contributed by atoms with Crippen molar-refractivity contribution in [3.63, 3.8) is 0 Å². The summed E-state index contributed by atoms with van der Waals surface area (Å²) in [4.78, 5) is 31.2. The number of nitrogens with zero attached hydrogens (tertiary/aromatic N) is 2. The Morgan fingerprint density at radius 1 is 0.714 bits per heavy atom. The Balaban J connectivity index is 1.55. The summed E-state index contributed by atoms with van der Waals surface area (Å²) in [7, 11) is 0. The standard InChI is InChI=1S/C30H31N3O2/c1-19-7-14-26(22(4)17-19)33-29(34)27(23-9-8-20(2)21(3)18-23)28(30(33)35)31-24-10-12-25(13-11-24)32-15-5-6-16-32/h7-14,17-18,31H,5-6,15-16H2,1-4H3. The number of amides is 2. The number of hydrogen-bond acceptors (Lipinski definition) is 4. The van der Waals surface area contributed by atoms with Crippen LogP contribution in [0.25, 0.3) is 5.57 Å². The van der Waals surface area contributed by atoms with Gasteiger partial charge in [0.15, 0.2) is 0 Å². The predicted octanol–water partition coefficient (Wildman–Crippen LogP) is 5.92. The number of aryl methyl sites for hydroxylation is 4. The van der Waals surface area contributed by atoms with Gasteiger partial charge in [0.05, 0.1) is 11.3 Å². The second-order valence-corrected chi connectivity index (χ2v) is 9.65. The van der Waals surface area contributed by atoms with Crippen molar-refractivity contribution in [2.45, 2.75) is 40.5 Å². The summed E-state index contributed by atoms with van der Waals surface area (Å²) in [6, 6.07) is 19.8. The molecule has 1 N–H and O–H groups in total. The summed E-state index contributed by atoms with van der Waals surface area (Å²) in [5.41, 5.74) is 8.25. The Labute approximate surface area is 207 Å². The van der Waals surface area contributed by atoms with Gasteiger partial charge in [0.2, 0.25) is 0 Å². The SMILES string of the molecule is Cc1ccc(N2C(=O)C(Nc3ccc(N4CCCC4)cc3)=C(c3ccc(C)c(C)c3)C2=O)c(C)c1. The Morgan fingerprint density at radius 2 is 1.43 bits per heavy atom. The van der Waals surface area contributed by atoms with Crippen LogP contribution in [0.1, 0.15) is 40.7 Å². The van der Waals surface area contributed by atoms with Crippen LogP contribution in [0.5, 0.6) is 0 Å². The van der Waals surface area contributed by atoms with E-state index >= 15 is 0 Å². The van der Waals surface area contributed by atoms with Gasteiger partial charge >= 0.3 is 0 Å². The summed E-state index contributed by atoms with van der Waals surface area (Å²) >= 11 is 0. The van der Waals surface area contributed by atoms with Gasteiger partial charge in [-0.15, -0.1) is 0 Å². The van der Waals surface area contributed by atoms with Crippen LogP contribution in [-0.4, -0.2) is 24.9 Å². The van der Waals surface area contributed by atoms with E-state index in [4.69, 9.17) is 0 Å². The first-order valence-electron chi connectivity index (χ1n) is 12.2. The zero-order chi connectivity index (χ0) is 24.7. The number of carbonyl (C=O) groups is 2. The van der Waals surface area contributed by atoms with Gasteiger partial charge in [-0.1, -0.05) is 35.9 Å². The Hall–Kier alpha value is -3.86. The number of anilines is 3. The summed E-state index contributed by atoms with van der Waals surface area (Å²) in [6.07, 6.45) is 2.44. The molecule has 1 fully saturated rings. The first-order valence-corrected chi connectivity index (χ1v) is 12.2. The van der Waals surface area contributed by atoms with E-state index < -0.39 is 0 Å². The molecule has 2 amide bonds. The van der Waals surface area contributed by atoms with Crippen LogP contribution in [0.3, 0.4) is 0 Å². The fourth-order valence-electron chi connectivity index (χ4n) is 4.96. The average molecular weight is 466 g/mol. The number of rotatable bonds is 5. The molecule has 5 heteroatoms. The van der Waals surface area contributed by atoms with Gasteiger partial charge < -0.3 is 10.2 Å². The van der Waals surface area contributed by atoms with Crippen molar-refractivity contribution in [2.24, 2.45) is 0 Å². The molecule has 5 rings (SSSR count). The summed E-state index contributed by atoms with van der Waals surface area (Å²) in [6.45, 7) is 10.1. The lowest BCUT2D eigenvalue weighted by Gasteiger charge is -2.19. The van der Waals surface area contributed by atoms with Gasteiger partial charge in [-0.3, -0.25) is 9.59 Å². The lowest BCUT2D eigenvalue weighted by molar-refractivity contribution is -0.120. The van der Waals surface area contributed by atoms with Gasteiger partial charge in [-0.2, -0.15) is 0 Å². The monoisotopic (exact) mass is 465 g/mol. The smallest absolute Gasteiger partial charge is 0.282 e. The quantitative estimate of drug-likeness (QED) is 0.476. The molecule has 2 aliphatic rings. The fraction of sp³-hybridized carbons (Fsp3) is 0.267. The van der Waals surface area contributed by atoms with E-state index in [0.29, 0.717) is 17.0 Å². The first-order chi connectivity index (χ1) is 16.8. The van der Waals surface area contributed by atoms with Crippen molar-refractivity contribution in [1.29, 1.82) is 0 Å². The molecule has 3 aromatic carbocycles. The highest BCUT2D eigenvalue weighted by Crippen LogP contribution is 2.36. The van der Waals surface area contributed by atoms with E-state index in [-0.39, 0.29) is 11.8 Å². The molecule has 0 aliphatic carbocycles. The number of benzene rings is 3. The van der Waals surface area contributed by atoms with Crippen molar-refractivity contribution in [3.8, 4) is 0 Å². The number of imide groups is 1. The van der Waals surface area contributed by atoms with E-state index in [2.05, 4.69) is 22.3 Å². The van der Waals surface area contributed by atoms with Crippen molar-refractivity contribution in [1.82, 2.24) is 0 Å². The highest BCUT2D eigenvalue weighted by molar-refractivity contribution is 6.46. The van der Waals surface area contributed by atoms with Crippen LogP contribution in [-0.2, 0) is 9.59 Å². The largest absolute Gasteiger partial charge is 0.372 e. The molecule has 5 nitrogen and oxygen atoms in total. The minimum Gasteiger partial charge on any atom is -0.372 e. The lowest BCUT2D eigenvalue weighted by Crippen LogP contribution is -2.33. The minimum absolute atomic E-state index is 0.304. The maximum Gasteiger partial charge on any atom is 0.282 e. The molecule has 3 aromatic rings. The maximum atomic E-state index is 13.8. The normalized spacial score (nSPS) is 16.0. The van der Waals surface area contributed by atoms with Crippen LogP contribution in [0.2, 0.25) is 0 Å². The van der Waals surface area contributed by atoms with Gasteiger partial charge in [-0.05, 0) is 93.1 Å². The molecule has 178 valence electrons. The highest BCUT2D eigenvalue weighted by Gasteiger charge is 2.41. The fourth-order valence-corrected chi connectivity index (χ4v) is 4.96. The van der Waals surface area contributed by atoms with Gasteiger partial charge in [0.1, 0.15) is 5.70 Å².